The molecule has 0 aliphatic carbocycles. The van der Waals surface area contributed by atoms with Gasteiger partial charge < -0.3 is 29.6 Å². The number of methoxy groups -OCH3 is 2. The van der Waals surface area contributed by atoms with Crippen molar-refractivity contribution in [1.29, 1.82) is 0 Å². The number of piperidine rings is 1. The number of hydrogen-bond acceptors (Lipinski definition) is 10. The van der Waals surface area contributed by atoms with Crippen LogP contribution in [-0.2, 0) is 39.3 Å². The van der Waals surface area contributed by atoms with Crippen LogP contribution in [0.2, 0.25) is 0 Å². The number of carbonyl (C=O) groups is 2. The van der Waals surface area contributed by atoms with Gasteiger partial charge in [-0.3, -0.25) is 0 Å². The maximum Gasteiger partial charge on any atom is 0.364 e. The average molecular weight is 589 g/mol. The van der Waals surface area contributed by atoms with Crippen molar-refractivity contribution >= 4 is 32.2 Å². The highest BCUT2D eigenvalue weighted by atomic mass is 32.2. The molecule has 12 nitrogen and oxygen atoms in total. The molecule has 0 amide bonds. The maximum atomic E-state index is 11.4. The number of carbonyl (C=O) groups excluding carboxylic acids is 2. The highest BCUT2D eigenvalue weighted by molar-refractivity contribution is 7.86. The van der Waals surface area contributed by atoms with Gasteiger partial charge in [-0.05, 0) is 51.0 Å². The summed E-state index contributed by atoms with van der Waals surface area (Å²) in [4.78, 5) is 22.3. The Labute approximate surface area is 229 Å². The van der Waals surface area contributed by atoms with Gasteiger partial charge >= 0.3 is 11.9 Å². The van der Waals surface area contributed by atoms with Crippen LogP contribution in [0.1, 0.15) is 36.8 Å². The van der Waals surface area contributed by atoms with Crippen LogP contribution in [0, 0.1) is 13.8 Å². The Morgan fingerprint density at radius 1 is 0.872 bits per heavy atom. The Balaban J connectivity index is 0.000000304. The molecular weight excluding hydrogens is 552 g/mol. The number of esters is 2. The second kappa shape index (κ2) is 15.6. The Hall–Kier alpha value is -2.88. The van der Waals surface area contributed by atoms with Crippen molar-refractivity contribution in [2.45, 2.75) is 67.4 Å². The SMILES string of the molecule is COC(=O)[C@@H]1CCC[C@H](C[C@H]([NH3+])C(=O)OC)[NH2+]1.Cc1ccc(S(=O)(=O)[O-])cc1.Cc1ccc(S(=O)(=O)[O-])cc1. The first-order valence-corrected chi connectivity index (χ1v) is 14.8. The summed E-state index contributed by atoms with van der Waals surface area (Å²) in [6.45, 7) is 3.64. The first-order valence-electron chi connectivity index (χ1n) is 12.0. The smallest absolute Gasteiger partial charge is 0.364 e. The molecule has 5 N–H and O–H groups in total. The lowest BCUT2D eigenvalue weighted by atomic mass is 9.94. The number of rotatable bonds is 6. The van der Waals surface area contributed by atoms with E-state index in [2.05, 4.69) is 10.5 Å². The summed E-state index contributed by atoms with van der Waals surface area (Å²) in [5, 5.41) is 2.00. The summed E-state index contributed by atoms with van der Waals surface area (Å²) >= 11 is 0. The average Bonchev–Trinajstić information content (AvgIpc) is 2.88. The monoisotopic (exact) mass is 588 g/mol. The molecular formula is C25H36N2O10S2. The molecule has 1 heterocycles. The molecule has 2 aromatic carbocycles. The van der Waals surface area contributed by atoms with Gasteiger partial charge in [0.25, 0.3) is 0 Å². The molecule has 1 saturated heterocycles. The third-order valence-electron chi connectivity index (χ3n) is 5.84. The highest BCUT2D eigenvalue weighted by Crippen LogP contribution is 2.11. The van der Waals surface area contributed by atoms with Gasteiger partial charge in [0.05, 0.1) is 36.5 Å². The zero-order valence-corrected chi connectivity index (χ0v) is 24.0. The van der Waals surface area contributed by atoms with Crippen molar-refractivity contribution in [2.75, 3.05) is 14.2 Å². The zero-order valence-electron chi connectivity index (χ0n) is 22.4. The minimum atomic E-state index is -4.27. The predicted molar refractivity (Wildman–Crippen MR) is 137 cm³/mol. The quantitative estimate of drug-likeness (QED) is 0.330. The summed E-state index contributed by atoms with van der Waals surface area (Å²) in [7, 11) is -5.77. The van der Waals surface area contributed by atoms with Gasteiger partial charge in [-0.15, -0.1) is 0 Å². The lowest BCUT2D eigenvalue weighted by Crippen LogP contribution is -2.98. The Kier molecular flexibility index (Phi) is 13.7. The van der Waals surface area contributed by atoms with E-state index in [1.54, 1.807) is 24.3 Å². The number of ether oxygens (including phenoxy) is 2. The molecule has 0 radical (unpaired) electrons. The summed E-state index contributed by atoms with van der Waals surface area (Å²) in [5.74, 6) is -0.480. The molecule has 1 aliphatic heterocycles. The molecule has 39 heavy (non-hydrogen) atoms. The second-order valence-corrected chi connectivity index (χ2v) is 11.8. The fourth-order valence-corrected chi connectivity index (χ4v) is 4.64. The van der Waals surface area contributed by atoms with E-state index in [0.29, 0.717) is 6.42 Å². The molecule has 1 aliphatic rings. The predicted octanol–water partition coefficient (Wildman–Crippen LogP) is -0.384. The van der Waals surface area contributed by atoms with Crippen LogP contribution in [0.25, 0.3) is 0 Å². The van der Waals surface area contributed by atoms with Crippen molar-refractivity contribution in [2.24, 2.45) is 0 Å². The van der Waals surface area contributed by atoms with E-state index >= 15 is 0 Å². The van der Waals surface area contributed by atoms with E-state index in [0.717, 1.165) is 30.4 Å². The summed E-state index contributed by atoms with van der Waals surface area (Å²) in [6.07, 6.45) is 3.45. The molecule has 3 atom stereocenters. The molecule has 218 valence electrons. The molecule has 1 fully saturated rings. The van der Waals surface area contributed by atoms with Crippen LogP contribution in [0.5, 0.6) is 0 Å². The lowest BCUT2D eigenvalue weighted by molar-refractivity contribution is -0.722. The van der Waals surface area contributed by atoms with Gasteiger partial charge in [0.1, 0.15) is 20.2 Å². The van der Waals surface area contributed by atoms with Gasteiger partial charge in [0.15, 0.2) is 12.1 Å². The van der Waals surface area contributed by atoms with Crippen molar-refractivity contribution < 1.29 is 56.1 Å². The van der Waals surface area contributed by atoms with Crippen LogP contribution in [0.4, 0.5) is 0 Å². The van der Waals surface area contributed by atoms with Gasteiger partial charge in [0, 0.05) is 6.42 Å². The number of aryl methyl sites for hydroxylation is 2. The second-order valence-electron chi connectivity index (χ2n) is 9.00. The van der Waals surface area contributed by atoms with Crippen LogP contribution in [0.3, 0.4) is 0 Å². The zero-order chi connectivity index (χ0) is 29.8. The molecule has 0 aromatic heterocycles. The van der Waals surface area contributed by atoms with Crippen molar-refractivity contribution in [1.82, 2.24) is 0 Å². The van der Waals surface area contributed by atoms with Gasteiger partial charge in [-0.1, -0.05) is 35.4 Å². The Morgan fingerprint density at radius 2 is 1.31 bits per heavy atom. The van der Waals surface area contributed by atoms with E-state index in [1.807, 2.05) is 19.2 Å². The van der Waals surface area contributed by atoms with Gasteiger partial charge in [-0.25, -0.2) is 26.4 Å². The fraction of sp³-hybridized carbons (Fsp3) is 0.440. The van der Waals surface area contributed by atoms with Crippen molar-refractivity contribution in [3.63, 3.8) is 0 Å². The Bertz CT molecular complexity index is 1200. The van der Waals surface area contributed by atoms with Crippen LogP contribution in [-0.4, -0.2) is 70.2 Å². The topological polar surface area (TPSA) is 211 Å². The fourth-order valence-electron chi connectivity index (χ4n) is 3.70. The third kappa shape index (κ3) is 12.7. The van der Waals surface area contributed by atoms with E-state index in [9.17, 15) is 35.5 Å². The van der Waals surface area contributed by atoms with Crippen molar-refractivity contribution in [3.8, 4) is 0 Å². The normalized spacial score (nSPS) is 17.8. The van der Waals surface area contributed by atoms with Gasteiger partial charge in [-0.2, -0.15) is 0 Å². The van der Waals surface area contributed by atoms with E-state index < -0.39 is 20.2 Å². The first-order chi connectivity index (χ1) is 18.1. The van der Waals surface area contributed by atoms with Crippen molar-refractivity contribution in [3.05, 3.63) is 59.7 Å². The maximum absolute atomic E-state index is 11.4. The van der Waals surface area contributed by atoms with Crippen LogP contribution < -0.4 is 11.1 Å². The minimum absolute atomic E-state index is 0.136. The van der Waals surface area contributed by atoms with E-state index in [-0.39, 0.29) is 39.9 Å². The summed E-state index contributed by atoms with van der Waals surface area (Å²) < 4.78 is 71.7. The van der Waals surface area contributed by atoms with Crippen LogP contribution in [0.15, 0.2) is 58.3 Å². The number of nitrogens with two attached hydrogens (primary N) is 1. The number of benzene rings is 2. The summed E-state index contributed by atoms with van der Waals surface area (Å²) in [5.41, 5.74) is 5.64. The first kappa shape index (κ1) is 34.1. The highest BCUT2D eigenvalue weighted by Gasteiger charge is 2.34. The molecule has 2 aromatic rings. The minimum Gasteiger partial charge on any atom is -0.744 e. The molecule has 0 unspecified atom stereocenters. The molecule has 3 rings (SSSR count). The molecule has 0 bridgehead atoms. The van der Waals surface area contributed by atoms with Crippen LogP contribution >= 0.6 is 0 Å². The number of hydrogen-bond donors (Lipinski definition) is 2. The largest absolute Gasteiger partial charge is 0.744 e. The molecule has 14 heteroatoms. The Morgan fingerprint density at radius 3 is 1.67 bits per heavy atom. The molecule has 0 spiro atoms. The number of quaternary nitrogens is 2. The van der Waals surface area contributed by atoms with E-state index in [4.69, 9.17) is 4.74 Å². The lowest BCUT2D eigenvalue weighted by Gasteiger charge is -2.26. The summed E-state index contributed by atoms with van der Waals surface area (Å²) in [6, 6.07) is 11.3. The standard InChI is InChI=1S/C11H20N2O4.2C7H8O3S/c1-16-10(14)8(12)6-7-4-3-5-9(13-7)11(15)17-2;2*1-6-2-4-7(5-3-6)11(8,9)10/h7-9,13H,3-6,12H2,1-2H3;2*2-5H,1H3,(H,8,9,10)/t7-,8+,9+;;/m1../s1. The van der Waals surface area contributed by atoms with Gasteiger partial charge in [0.2, 0.25) is 0 Å². The van der Waals surface area contributed by atoms with E-state index in [1.165, 1.54) is 38.5 Å². The molecule has 0 saturated carbocycles. The third-order valence-corrected chi connectivity index (χ3v) is 7.54.